The fourth-order valence-electron chi connectivity index (χ4n) is 1.47. The first-order valence-corrected chi connectivity index (χ1v) is 3.87. The van der Waals surface area contributed by atoms with Crippen LogP contribution in [0.1, 0.15) is 24.3 Å². The van der Waals surface area contributed by atoms with Crippen molar-refractivity contribution >= 4 is 0 Å². The van der Waals surface area contributed by atoms with Crippen LogP contribution in [0.15, 0.2) is 18.3 Å². The Balaban J connectivity index is 2.06. The van der Waals surface area contributed by atoms with Gasteiger partial charge >= 0.3 is 0 Å². The van der Waals surface area contributed by atoms with E-state index in [1.807, 2.05) is 0 Å². The van der Waals surface area contributed by atoms with Crippen LogP contribution in [0, 0.1) is 6.20 Å². The molecule has 2 rings (SSSR count). The lowest BCUT2D eigenvalue weighted by molar-refractivity contribution is -0.0868. The molecule has 12 heavy (non-hydrogen) atoms. The normalized spacial score (nSPS) is 21.8. The van der Waals surface area contributed by atoms with Gasteiger partial charge in [0, 0.05) is 19.0 Å². The maximum Gasteiger partial charge on any atom is 0.249 e. The van der Waals surface area contributed by atoms with Crippen molar-refractivity contribution in [2.75, 3.05) is 0 Å². The number of pyridine rings is 1. The molecule has 0 aliphatic heterocycles. The third kappa shape index (κ3) is 1.31. The predicted octanol–water partition coefficient (Wildman–Crippen LogP) is 2.39. The van der Waals surface area contributed by atoms with Crippen LogP contribution < -0.4 is 0 Å². The van der Waals surface area contributed by atoms with E-state index in [0.29, 0.717) is 0 Å². The van der Waals surface area contributed by atoms with E-state index in [1.165, 1.54) is 0 Å². The molecule has 0 aromatic carbocycles. The second-order valence-electron chi connectivity index (χ2n) is 3.18. The summed E-state index contributed by atoms with van der Waals surface area (Å²) in [5.41, 5.74) is 0.902. The van der Waals surface area contributed by atoms with Crippen LogP contribution in [0.25, 0.3) is 0 Å². The lowest BCUT2D eigenvalue weighted by Gasteiger charge is -2.34. The lowest BCUT2D eigenvalue weighted by Crippen LogP contribution is -2.33. The van der Waals surface area contributed by atoms with E-state index in [-0.39, 0.29) is 18.8 Å². The zero-order valence-electron chi connectivity index (χ0n) is 6.43. The number of rotatable bonds is 1. The van der Waals surface area contributed by atoms with Gasteiger partial charge in [-0.3, -0.25) is 4.98 Å². The van der Waals surface area contributed by atoms with Crippen LogP contribution in [0.2, 0.25) is 0 Å². The number of hydrogen-bond donors (Lipinski definition) is 0. The van der Waals surface area contributed by atoms with Gasteiger partial charge in [-0.25, -0.2) is 8.78 Å². The van der Waals surface area contributed by atoms with Crippen molar-refractivity contribution < 1.29 is 8.78 Å². The van der Waals surface area contributed by atoms with Crippen molar-refractivity contribution in [3.63, 3.8) is 0 Å². The first kappa shape index (κ1) is 7.65. The molecule has 0 saturated heterocycles. The minimum Gasteiger partial charge on any atom is -0.254 e. The molecule has 1 saturated carbocycles. The van der Waals surface area contributed by atoms with E-state index in [1.54, 1.807) is 18.3 Å². The average molecular weight is 168 g/mol. The summed E-state index contributed by atoms with van der Waals surface area (Å²) in [7, 11) is 0. The molecule has 0 spiro atoms. The first-order valence-electron chi connectivity index (χ1n) is 3.87. The number of alkyl halides is 2. The first-order chi connectivity index (χ1) is 5.67. The van der Waals surface area contributed by atoms with E-state index in [4.69, 9.17) is 0 Å². The van der Waals surface area contributed by atoms with Crippen molar-refractivity contribution in [3.8, 4) is 0 Å². The fraction of sp³-hybridized carbons (Fsp3) is 0.444. The SMILES string of the molecule is FC1(F)CC(c2cc[c]nc2)C1. The summed E-state index contributed by atoms with van der Waals surface area (Å²) in [5.74, 6) is -2.44. The third-order valence-electron chi connectivity index (χ3n) is 2.20. The standard InChI is InChI=1S/C9H8F2N/c10-9(11)4-8(5-9)7-2-1-3-12-6-7/h1-2,6,8H,4-5H2. The average Bonchev–Trinajstić information content (AvgIpc) is 2.02. The van der Waals surface area contributed by atoms with Crippen LogP contribution >= 0.6 is 0 Å². The molecule has 1 aromatic heterocycles. The van der Waals surface area contributed by atoms with E-state index in [0.717, 1.165) is 5.56 Å². The summed E-state index contributed by atoms with van der Waals surface area (Å²) in [6.07, 6.45) is 4.17. The van der Waals surface area contributed by atoms with Crippen LogP contribution in [0.5, 0.6) is 0 Å². The molecule has 63 valence electrons. The summed E-state index contributed by atoms with van der Waals surface area (Å²) in [4.78, 5) is 3.77. The molecule has 0 bridgehead atoms. The number of halogens is 2. The zero-order valence-corrected chi connectivity index (χ0v) is 6.43. The van der Waals surface area contributed by atoms with E-state index >= 15 is 0 Å². The highest BCUT2D eigenvalue weighted by Crippen LogP contribution is 2.47. The van der Waals surface area contributed by atoms with E-state index < -0.39 is 5.92 Å². The maximum atomic E-state index is 12.4. The van der Waals surface area contributed by atoms with Gasteiger partial charge in [-0.2, -0.15) is 0 Å². The van der Waals surface area contributed by atoms with Crippen molar-refractivity contribution in [2.45, 2.75) is 24.7 Å². The van der Waals surface area contributed by atoms with Gasteiger partial charge in [-0.1, -0.05) is 6.07 Å². The Kier molecular flexibility index (Phi) is 1.60. The van der Waals surface area contributed by atoms with Crippen molar-refractivity contribution in [1.82, 2.24) is 4.98 Å². The highest BCUT2D eigenvalue weighted by molar-refractivity contribution is 5.19. The third-order valence-corrected chi connectivity index (χ3v) is 2.20. The van der Waals surface area contributed by atoms with E-state index in [2.05, 4.69) is 11.2 Å². The summed E-state index contributed by atoms with van der Waals surface area (Å²) in [6.45, 7) is 0. The van der Waals surface area contributed by atoms with Gasteiger partial charge in [-0.15, -0.1) is 0 Å². The highest BCUT2D eigenvalue weighted by Gasteiger charge is 2.45. The molecular formula is C9H8F2N. The van der Waals surface area contributed by atoms with Crippen LogP contribution in [-0.2, 0) is 0 Å². The van der Waals surface area contributed by atoms with E-state index in [9.17, 15) is 8.78 Å². The van der Waals surface area contributed by atoms with Gasteiger partial charge in [0.2, 0.25) is 5.92 Å². The topological polar surface area (TPSA) is 12.9 Å². The largest absolute Gasteiger partial charge is 0.254 e. The monoisotopic (exact) mass is 168 g/mol. The second-order valence-corrected chi connectivity index (χ2v) is 3.18. The van der Waals surface area contributed by atoms with Crippen molar-refractivity contribution in [3.05, 3.63) is 30.1 Å². The van der Waals surface area contributed by atoms with Crippen molar-refractivity contribution in [1.29, 1.82) is 0 Å². The Hall–Kier alpha value is -0.990. The summed E-state index contributed by atoms with van der Waals surface area (Å²) in [6, 6.07) is 3.46. The maximum absolute atomic E-state index is 12.4. The molecule has 1 fully saturated rings. The lowest BCUT2D eigenvalue weighted by atomic mass is 9.77. The zero-order chi connectivity index (χ0) is 8.60. The molecule has 0 N–H and O–H groups in total. The molecule has 1 radical (unpaired) electrons. The minimum atomic E-state index is -2.44. The van der Waals surface area contributed by atoms with Crippen LogP contribution in [0.4, 0.5) is 8.78 Å². The molecule has 3 heteroatoms. The molecule has 1 nitrogen and oxygen atoms in total. The predicted molar refractivity (Wildman–Crippen MR) is 40.0 cm³/mol. The highest BCUT2D eigenvalue weighted by atomic mass is 19.3. The molecule has 0 amide bonds. The molecule has 1 heterocycles. The molecule has 0 atom stereocenters. The number of nitrogens with zero attached hydrogens (tertiary/aromatic N) is 1. The van der Waals surface area contributed by atoms with Gasteiger partial charge in [-0.05, 0) is 17.5 Å². The number of aromatic nitrogens is 1. The van der Waals surface area contributed by atoms with Crippen LogP contribution in [0.3, 0.4) is 0 Å². The van der Waals surface area contributed by atoms with Gasteiger partial charge in [0.15, 0.2) is 0 Å². The quantitative estimate of drug-likeness (QED) is 0.627. The Bertz CT molecular complexity index is 263. The number of hydrogen-bond acceptors (Lipinski definition) is 1. The van der Waals surface area contributed by atoms with Gasteiger partial charge in [0.1, 0.15) is 0 Å². The molecule has 0 unspecified atom stereocenters. The Morgan fingerprint density at radius 3 is 2.75 bits per heavy atom. The Labute approximate surface area is 69.4 Å². The van der Waals surface area contributed by atoms with Crippen LogP contribution in [-0.4, -0.2) is 10.9 Å². The van der Waals surface area contributed by atoms with Gasteiger partial charge < -0.3 is 0 Å². The second kappa shape index (κ2) is 2.51. The molecule has 1 aromatic rings. The molecular weight excluding hydrogens is 160 g/mol. The summed E-state index contributed by atoms with van der Waals surface area (Å²) in [5, 5.41) is 0. The summed E-state index contributed by atoms with van der Waals surface area (Å²) >= 11 is 0. The van der Waals surface area contributed by atoms with Gasteiger partial charge in [0.05, 0.1) is 6.20 Å². The van der Waals surface area contributed by atoms with Gasteiger partial charge in [0.25, 0.3) is 0 Å². The molecule has 1 aliphatic rings. The van der Waals surface area contributed by atoms with Crippen molar-refractivity contribution in [2.24, 2.45) is 0 Å². The molecule has 1 aliphatic carbocycles. The fourth-order valence-corrected chi connectivity index (χ4v) is 1.47. The summed E-state index contributed by atoms with van der Waals surface area (Å²) < 4.78 is 24.9. The Morgan fingerprint density at radius 1 is 1.50 bits per heavy atom. The minimum absolute atomic E-state index is 0.00194. The Morgan fingerprint density at radius 2 is 2.25 bits per heavy atom. The smallest absolute Gasteiger partial charge is 0.249 e.